The molecule has 3 nitrogen and oxygen atoms in total. The Morgan fingerprint density at radius 2 is 1.50 bits per heavy atom. The zero-order valence-electron chi connectivity index (χ0n) is 17.0. The SMILES string of the molecule is C.CCCO[Si](CCCOC(=O)C(C)(C)C(C)C)(C(C)C)C(C)C. The monoisotopic (exact) mass is 360 g/mol. The van der Waals surface area contributed by atoms with E-state index in [1.807, 2.05) is 13.8 Å². The lowest BCUT2D eigenvalue weighted by Crippen LogP contribution is -2.45. The third kappa shape index (κ3) is 6.87. The largest absolute Gasteiger partial charge is 0.465 e. The average molecular weight is 361 g/mol. The molecule has 0 unspecified atom stereocenters. The van der Waals surface area contributed by atoms with Crippen LogP contribution in [0.1, 0.15) is 82.6 Å². The van der Waals surface area contributed by atoms with Crippen molar-refractivity contribution >= 4 is 14.3 Å². The van der Waals surface area contributed by atoms with Crippen LogP contribution in [0.5, 0.6) is 0 Å². The van der Waals surface area contributed by atoms with E-state index >= 15 is 0 Å². The van der Waals surface area contributed by atoms with Crippen LogP contribution in [-0.4, -0.2) is 27.5 Å². The molecule has 0 aromatic carbocycles. The van der Waals surface area contributed by atoms with Crippen molar-refractivity contribution in [3.8, 4) is 0 Å². The van der Waals surface area contributed by atoms with E-state index in [1.165, 1.54) is 0 Å². The van der Waals surface area contributed by atoms with Crippen LogP contribution in [0.3, 0.4) is 0 Å². The summed E-state index contributed by atoms with van der Waals surface area (Å²) in [6, 6.07) is 1.07. The molecule has 0 saturated heterocycles. The van der Waals surface area contributed by atoms with Crippen LogP contribution >= 0.6 is 0 Å². The molecule has 24 heavy (non-hydrogen) atoms. The Labute approximate surface area is 153 Å². The highest BCUT2D eigenvalue weighted by Crippen LogP contribution is 2.38. The summed E-state index contributed by atoms with van der Waals surface area (Å²) >= 11 is 0. The maximum absolute atomic E-state index is 12.2. The van der Waals surface area contributed by atoms with Crippen molar-refractivity contribution in [3.63, 3.8) is 0 Å². The van der Waals surface area contributed by atoms with Crippen molar-refractivity contribution in [2.75, 3.05) is 13.2 Å². The van der Waals surface area contributed by atoms with Crippen LogP contribution in [0, 0.1) is 11.3 Å². The highest BCUT2D eigenvalue weighted by molar-refractivity contribution is 6.76. The molecule has 4 heteroatoms. The second-order valence-electron chi connectivity index (χ2n) is 8.23. The van der Waals surface area contributed by atoms with Crippen molar-refractivity contribution in [3.05, 3.63) is 0 Å². The minimum absolute atomic E-state index is 0. The van der Waals surface area contributed by atoms with Gasteiger partial charge in [-0.2, -0.15) is 0 Å². The van der Waals surface area contributed by atoms with Crippen LogP contribution < -0.4 is 0 Å². The highest BCUT2D eigenvalue weighted by atomic mass is 28.4. The van der Waals surface area contributed by atoms with Crippen LogP contribution in [0.4, 0.5) is 0 Å². The van der Waals surface area contributed by atoms with Crippen molar-refractivity contribution in [1.82, 2.24) is 0 Å². The van der Waals surface area contributed by atoms with Gasteiger partial charge in [0, 0.05) is 6.61 Å². The number of carbonyl (C=O) groups excluding carboxylic acids is 1. The third-order valence-electron chi connectivity index (χ3n) is 5.44. The first-order chi connectivity index (χ1) is 10.5. The summed E-state index contributed by atoms with van der Waals surface area (Å²) in [6.45, 7) is 20.7. The van der Waals surface area contributed by atoms with Gasteiger partial charge < -0.3 is 9.16 Å². The van der Waals surface area contributed by atoms with Gasteiger partial charge in [-0.25, -0.2) is 0 Å². The van der Waals surface area contributed by atoms with E-state index in [-0.39, 0.29) is 19.3 Å². The van der Waals surface area contributed by atoms with Gasteiger partial charge in [0.2, 0.25) is 0 Å². The molecule has 0 radical (unpaired) electrons. The lowest BCUT2D eigenvalue weighted by molar-refractivity contribution is -0.156. The van der Waals surface area contributed by atoms with Crippen LogP contribution in [-0.2, 0) is 14.0 Å². The molecule has 146 valence electrons. The second-order valence-corrected chi connectivity index (χ2v) is 13.2. The quantitative estimate of drug-likeness (QED) is 0.242. The maximum Gasteiger partial charge on any atom is 0.311 e. The Balaban J connectivity index is 0. The first-order valence-electron chi connectivity index (χ1n) is 9.33. The molecule has 0 aromatic heterocycles. The summed E-state index contributed by atoms with van der Waals surface area (Å²) in [5.74, 6) is 0.200. The topological polar surface area (TPSA) is 35.5 Å². The Morgan fingerprint density at radius 1 is 1.00 bits per heavy atom. The average Bonchev–Trinajstić information content (AvgIpc) is 2.45. The van der Waals surface area contributed by atoms with Crippen molar-refractivity contribution < 1.29 is 14.0 Å². The van der Waals surface area contributed by atoms with Crippen molar-refractivity contribution in [2.24, 2.45) is 11.3 Å². The molecule has 0 aliphatic heterocycles. The summed E-state index contributed by atoms with van der Waals surface area (Å²) in [6.07, 6.45) is 1.97. The molecule has 0 aliphatic rings. The van der Waals surface area contributed by atoms with Gasteiger partial charge in [-0.05, 0) is 49.7 Å². The molecule has 0 aromatic rings. The van der Waals surface area contributed by atoms with E-state index in [9.17, 15) is 4.79 Å². The fourth-order valence-corrected chi connectivity index (χ4v) is 7.46. The summed E-state index contributed by atoms with van der Waals surface area (Å²) < 4.78 is 12.0. The summed E-state index contributed by atoms with van der Waals surface area (Å²) in [4.78, 5) is 12.2. The predicted octanol–water partition coefficient (Wildman–Crippen LogP) is 6.43. The summed E-state index contributed by atoms with van der Waals surface area (Å²) in [5, 5.41) is 0. The number of rotatable bonds is 11. The molecule has 0 atom stereocenters. The second kappa shape index (κ2) is 11.3. The normalized spacial score (nSPS) is 12.7. The lowest BCUT2D eigenvalue weighted by Gasteiger charge is -2.39. The molecule has 0 N–H and O–H groups in total. The molecule has 0 fully saturated rings. The minimum Gasteiger partial charge on any atom is -0.465 e. The van der Waals surface area contributed by atoms with E-state index in [0.717, 1.165) is 25.5 Å². The molecule has 0 saturated carbocycles. The molecule has 0 aliphatic carbocycles. The van der Waals surface area contributed by atoms with Gasteiger partial charge in [0.1, 0.15) is 0 Å². The zero-order valence-corrected chi connectivity index (χ0v) is 18.0. The van der Waals surface area contributed by atoms with Crippen molar-refractivity contribution in [1.29, 1.82) is 0 Å². The first kappa shape index (κ1) is 25.9. The van der Waals surface area contributed by atoms with Gasteiger partial charge in [-0.15, -0.1) is 0 Å². The Morgan fingerprint density at radius 3 is 1.88 bits per heavy atom. The van der Waals surface area contributed by atoms with Crippen LogP contribution in [0.15, 0.2) is 0 Å². The van der Waals surface area contributed by atoms with E-state index in [1.54, 1.807) is 0 Å². The third-order valence-corrected chi connectivity index (χ3v) is 11.2. The van der Waals surface area contributed by atoms with Gasteiger partial charge >= 0.3 is 5.97 Å². The summed E-state index contributed by atoms with van der Waals surface area (Å²) in [5.41, 5.74) is 0.747. The highest BCUT2D eigenvalue weighted by Gasteiger charge is 2.41. The number of carbonyl (C=O) groups is 1. The summed E-state index contributed by atoms with van der Waals surface area (Å²) in [7, 11) is -1.80. The van der Waals surface area contributed by atoms with Crippen LogP contribution in [0.2, 0.25) is 17.1 Å². The molecular formula is C20H44O3Si. The Bertz CT molecular complexity index is 341. The molecule has 0 amide bonds. The van der Waals surface area contributed by atoms with Crippen molar-refractivity contribution in [2.45, 2.75) is 99.7 Å². The van der Waals surface area contributed by atoms with Crippen LogP contribution in [0.25, 0.3) is 0 Å². The molecule has 0 heterocycles. The number of esters is 1. The van der Waals surface area contributed by atoms with Gasteiger partial charge in [0.15, 0.2) is 8.32 Å². The van der Waals surface area contributed by atoms with Gasteiger partial charge in [0.05, 0.1) is 12.0 Å². The van der Waals surface area contributed by atoms with Gasteiger partial charge in [-0.1, -0.05) is 55.9 Å². The van der Waals surface area contributed by atoms with Gasteiger partial charge in [-0.3, -0.25) is 4.79 Å². The fraction of sp³-hybridized carbons (Fsp3) is 0.950. The first-order valence-corrected chi connectivity index (χ1v) is 11.6. The number of hydrogen-bond acceptors (Lipinski definition) is 3. The minimum atomic E-state index is -1.80. The number of ether oxygens (including phenoxy) is 1. The maximum atomic E-state index is 12.2. The smallest absolute Gasteiger partial charge is 0.311 e. The molecule has 0 bridgehead atoms. The lowest BCUT2D eigenvalue weighted by atomic mass is 9.81. The van der Waals surface area contributed by atoms with Gasteiger partial charge in [0.25, 0.3) is 0 Å². The standard InChI is InChI=1S/C19H40O3Si.CH4/c1-10-12-22-23(16(4)5,17(6)7)14-11-13-21-18(20)19(8,9)15(2)3;/h15-17H,10-14H2,1-9H3;1H4. The van der Waals surface area contributed by atoms with E-state index in [0.29, 0.717) is 17.7 Å². The zero-order chi connectivity index (χ0) is 18.3. The fourth-order valence-electron chi connectivity index (χ4n) is 2.88. The Kier molecular flexibility index (Phi) is 12.2. The molecule has 0 spiro atoms. The number of hydrogen-bond donors (Lipinski definition) is 0. The molecular weight excluding hydrogens is 316 g/mol. The van der Waals surface area contributed by atoms with E-state index < -0.39 is 13.7 Å². The predicted molar refractivity (Wildman–Crippen MR) is 108 cm³/mol. The van der Waals surface area contributed by atoms with E-state index in [4.69, 9.17) is 9.16 Å². The molecule has 0 rings (SSSR count). The Hall–Kier alpha value is -0.353. The van der Waals surface area contributed by atoms with E-state index in [2.05, 4.69) is 48.5 Å².